The van der Waals surface area contributed by atoms with E-state index in [4.69, 9.17) is 4.74 Å². The van der Waals surface area contributed by atoms with Crippen LogP contribution in [0.1, 0.15) is 37.3 Å². The first kappa shape index (κ1) is 26.2. The number of morpholine rings is 1. The summed E-state index contributed by atoms with van der Waals surface area (Å²) in [6, 6.07) is 7.22. The Hall–Kier alpha value is -1.46. The smallest absolute Gasteiger partial charge is 0.243 e. The summed E-state index contributed by atoms with van der Waals surface area (Å²) in [7, 11) is 3.49. The molecule has 4 atom stereocenters. The van der Waals surface area contributed by atoms with Crippen molar-refractivity contribution < 1.29 is 13.9 Å². The van der Waals surface area contributed by atoms with Crippen molar-refractivity contribution in [3.63, 3.8) is 0 Å². The van der Waals surface area contributed by atoms with Gasteiger partial charge in [0.05, 0.1) is 19.3 Å². The maximum absolute atomic E-state index is 13.5. The Morgan fingerprint density at radius 1 is 1.21 bits per heavy atom. The van der Waals surface area contributed by atoms with Gasteiger partial charge in [-0.1, -0.05) is 18.6 Å². The standard InChI is InChI=1S/C24H36FN5O2.HI/c1-29(2)23(31)16-27-24(28-21-14-17-3-4-19(21)13-17)26-15-22(30-9-11-32-12-10-30)18-5-7-20(25)8-6-18;/h5-8,17,19,21-22H,3-4,9-16H2,1-2H3,(H2,26,27,28);1H. The summed E-state index contributed by atoms with van der Waals surface area (Å²) in [6.07, 6.45) is 5.09. The van der Waals surface area contributed by atoms with Crippen LogP contribution >= 0.6 is 24.0 Å². The molecule has 3 fully saturated rings. The van der Waals surface area contributed by atoms with Crippen molar-refractivity contribution in [1.82, 2.24) is 20.4 Å². The monoisotopic (exact) mass is 573 g/mol. The number of fused-ring (bicyclic) bond motifs is 2. The third-order valence-electron chi connectivity index (χ3n) is 7.14. The van der Waals surface area contributed by atoms with Gasteiger partial charge in [0.2, 0.25) is 5.91 Å². The van der Waals surface area contributed by atoms with Crippen molar-refractivity contribution in [3.05, 3.63) is 35.6 Å². The number of carbonyl (C=O) groups excluding carboxylic acids is 1. The van der Waals surface area contributed by atoms with E-state index in [-0.39, 0.29) is 48.3 Å². The average molecular weight is 573 g/mol. The molecular formula is C24H37FIN5O2. The lowest BCUT2D eigenvalue weighted by atomic mass is 9.95. The largest absolute Gasteiger partial charge is 0.379 e. The molecule has 2 bridgehead atoms. The lowest BCUT2D eigenvalue weighted by Gasteiger charge is -2.35. The van der Waals surface area contributed by atoms with Crippen LogP contribution in [0.25, 0.3) is 0 Å². The number of benzene rings is 1. The second kappa shape index (κ2) is 12.3. The molecule has 33 heavy (non-hydrogen) atoms. The number of aliphatic imine (C=N–C) groups is 1. The fourth-order valence-corrected chi connectivity index (χ4v) is 5.26. The summed E-state index contributed by atoms with van der Waals surface area (Å²) in [4.78, 5) is 20.7. The van der Waals surface area contributed by atoms with Crippen LogP contribution in [0, 0.1) is 17.7 Å². The highest BCUT2D eigenvalue weighted by molar-refractivity contribution is 14.0. The molecule has 2 saturated carbocycles. The molecule has 2 N–H and O–H groups in total. The topological polar surface area (TPSA) is 69.2 Å². The molecular weight excluding hydrogens is 536 g/mol. The molecule has 1 aromatic carbocycles. The first-order valence-corrected chi connectivity index (χ1v) is 11.8. The minimum Gasteiger partial charge on any atom is -0.379 e. The second-order valence-corrected chi connectivity index (χ2v) is 9.48. The molecule has 4 rings (SSSR count). The SMILES string of the molecule is CN(C)C(=O)CN=C(NCC(c1ccc(F)cc1)N1CCOCC1)NC1CC2CCC1C2.I. The zero-order valence-corrected chi connectivity index (χ0v) is 22.0. The Morgan fingerprint density at radius 3 is 2.55 bits per heavy atom. The first-order valence-electron chi connectivity index (χ1n) is 11.8. The Labute approximate surface area is 213 Å². The van der Waals surface area contributed by atoms with Crippen LogP contribution in [0.4, 0.5) is 4.39 Å². The van der Waals surface area contributed by atoms with Crippen molar-refractivity contribution in [2.24, 2.45) is 16.8 Å². The fraction of sp³-hybridized carbons (Fsp3) is 0.667. The maximum Gasteiger partial charge on any atom is 0.243 e. The Kier molecular flexibility index (Phi) is 9.75. The minimum atomic E-state index is -0.232. The van der Waals surface area contributed by atoms with Crippen LogP contribution in [0.3, 0.4) is 0 Å². The van der Waals surface area contributed by atoms with Crippen LogP contribution in [0.15, 0.2) is 29.3 Å². The summed E-state index contributed by atoms with van der Waals surface area (Å²) in [5, 5.41) is 7.13. The van der Waals surface area contributed by atoms with E-state index in [0.29, 0.717) is 37.7 Å². The van der Waals surface area contributed by atoms with Crippen molar-refractivity contribution in [1.29, 1.82) is 0 Å². The molecule has 0 spiro atoms. The minimum absolute atomic E-state index is 0. The van der Waals surface area contributed by atoms with E-state index in [9.17, 15) is 9.18 Å². The predicted octanol–water partition coefficient (Wildman–Crippen LogP) is 2.63. The van der Waals surface area contributed by atoms with E-state index in [1.165, 1.54) is 37.8 Å². The Bertz CT molecular complexity index is 801. The molecule has 0 aromatic heterocycles. The van der Waals surface area contributed by atoms with Crippen LogP contribution in [-0.4, -0.2) is 81.2 Å². The van der Waals surface area contributed by atoms with E-state index in [1.54, 1.807) is 19.0 Å². The number of likely N-dealkylation sites (N-methyl/N-ethyl adjacent to an activating group) is 1. The Morgan fingerprint density at radius 2 is 1.94 bits per heavy atom. The molecule has 1 saturated heterocycles. The highest BCUT2D eigenvalue weighted by atomic mass is 127. The van der Waals surface area contributed by atoms with E-state index in [2.05, 4.69) is 20.5 Å². The van der Waals surface area contributed by atoms with Gasteiger partial charge in [-0.15, -0.1) is 24.0 Å². The zero-order chi connectivity index (χ0) is 22.5. The lowest BCUT2D eigenvalue weighted by Crippen LogP contribution is -2.49. The van der Waals surface area contributed by atoms with Gasteiger partial charge >= 0.3 is 0 Å². The summed E-state index contributed by atoms with van der Waals surface area (Å²) >= 11 is 0. The molecule has 4 unspecified atom stereocenters. The molecule has 1 amide bonds. The number of halogens is 2. The molecule has 7 nitrogen and oxygen atoms in total. The molecule has 9 heteroatoms. The van der Waals surface area contributed by atoms with Gasteiger partial charge in [0.15, 0.2) is 5.96 Å². The number of ether oxygens (including phenoxy) is 1. The van der Waals surface area contributed by atoms with E-state index >= 15 is 0 Å². The molecule has 1 aromatic rings. The zero-order valence-electron chi connectivity index (χ0n) is 19.6. The van der Waals surface area contributed by atoms with Gasteiger partial charge in [-0.25, -0.2) is 9.38 Å². The second-order valence-electron chi connectivity index (χ2n) is 9.48. The van der Waals surface area contributed by atoms with Gasteiger partial charge in [-0.05, 0) is 48.8 Å². The highest BCUT2D eigenvalue weighted by Gasteiger charge is 2.40. The number of rotatable bonds is 7. The first-order chi connectivity index (χ1) is 15.5. The molecule has 184 valence electrons. The van der Waals surface area contributed by atoms with E-state index in [1.807, 2.05) is 12.1 Å². The quantitative estimate of drug-likeness (QED) is 0.299. The van der Waals surface area contributed by atoms with Gasteiger partial charge in [0, 0.05) is 39.8 Å². The summed E-state index contributed by atoms with van der Waals surface area (Å²) in [5.74, 6) is 1.96. The van der Waals surface area contributed by atoms with Gasteiger partial charge < -0.3 is 20.3 Å². The third kappa shape index (κ3) is 7.02. The fourth-order valence-electron chi connectivity index (χ4n) is 5.26. The van der Waals surface area contributed by atoms with Gasteiger partial charge in [-0.3, -0.25) is 9.69 Å². The summed E-state index contributed by atoms with van der Waals surface area (Å²) < 4.78 is 19.1. The average Bonchev–Trinajstić information content (AvgIpc) is 3.42. The van der Waals surface area contributed by atoms with Crippen LogP contribution in [0.5, 0.6) is 0 Å². The Balaban J connectivity index is 0.00000306. The van der Waals surface area contributed by atoms with Crippen molar-refractivity contribution in [2.45, 2.75) is 37.8 Å². The van der Waals surface area contributed by atoms with Crippen LogP contribution < -0.4 is 10.6 Å². The van der Waals surface area contributed by atoms with Crippen LogP contribution in [0.2, 0.25) is 0 Å². The number of guanidine groups is 1. The van der Waals surface area contributed by atoms with Crippen LogP contribution in [-0.2, 0) is 9.53 Å². The van der Waals surface area contributed by atoms with Crippen molar-refractivity contribution in [2.75, 3.05) is 53.5 Å². The van der Waals surface area contributed by atoms with E-state index in [0.717, 1.165) is 24.6 Å². The predicted molar refractivity (Wildman–Crippen MR) is 138 cm³/mol. The normalized spacial score (nSPS) is 25.9. The summed E-state index contributed by atoms with van der Waals surface area (Å²) in [6.45, 7) is 3.78. The third-order valence-corrected chi connectivity index (χ3v) is 7.14. The molecule has 0 radical (unpaired) electrons. The number of amides is 1. The maximum atomic E-state index is 13.5. The van der Waals surface area contributed by atoms with E-state index < -0.39 is 0 Å². The molecule has 1 heterocycles. The highest BCUT2D eigenvalue weighted by Crippen LogP contribution is 2.44. The van der Waals surface area contributed by atoms with Gasteiger partial charge in [-0.2, -0.15) is 0 Å². The number of hydrogen-bond donors (Lipinski definition) is 2. The molecule has 2 aliphatic carbocycles. The van der Waals surface area contributed by atoms with Crippen molar-refractivity contribution >= 4 is 35.8 Å². The lowest BCUT2D eigenvalue weighted by molar-refractivity contribution is -0.127. The number of nitrogens with one attached hydrogen (secondary N) is 2. The number of nitrogens with zero attached hydrogens (tertiary/aromatic N) is 3. The summed E-state index contributed by atoms with van der Waals surface area (Å²) in [5.41, 5.74) is 1.06. The number of hydrogen-bond acceptors (Lipinski definition) is 4. The van der Waals surface area contributed by atoms with Crippen molar-refractivity contribution in [3.8, 4) is 0 Å². The molecule has 1 aliphatic heterocycles. The number of carbonyl (C=O) groups is 1. The van der Waals surface area contributed by atoms with Gasteiger partial charge in [0.1, 0.15) is 12.4 Å². The molecule has 3 aliphatic rings. The van der Waals surface area contributed by atoms with Gasteiger partial charge in [0.25, 0.3) is 0 Å².